The maximum Gasteiger partial charge on any atom is 0.347 e. The summed E-state index contributed by atoms with van der Waals surface area (Å²) in [6.45, 7) is 3.98. The predicted octanol–water partition coefficient (Wildman–Crippen LogP) is 3.68. The Kier molecular flexibility index (Phi) is 4.65. The number of aryl methyl sites for hydroxylation is 1. The lowest BCUT2D eigenvalue weighted by Crippen LogP contribution is -2.32. The van der Waals surface area contributed by atoms with Crippen molar-refractivity contribution in [3.8, 4) is 5.75 Å². The Morgan fingerprint density at radius 2 is 1.83 bits per heavy atom. The molecule has 0 saturated carbocycles. The van der Waals surface area contributed by atoms with E-state index in [9.17, 15) is 9.59 Å². The average Bonchev–Trinajstić information content (AvgIpc) is 2.96. The Labute approximate surface area is 141 Å². The van der Waals surface area contributed by atoms with Gasteiger partial charge >= 0.3 is 5.97 Å². The van der Waals surface area contributed by atoms with Gasteiger partial charge in [-0.05, 0) is 19.4 Å². The molecule has 2 aromatic carbocycles. The van der Waals surface area contributed by atoms with E-state index in [0.29, 0.717) is 11.3 Å². The molecule has 3 rings (SSSR count). The standard InChI is InChI=1S/C20H20O4/c1-3-23-20(22)19-16(12-17(21)14-9-5-4-6-10-14)15-11-7-8-13(2)18(15)24-19/h4-11,16,19H,3,12H2,1-2H3/t16-,19-/m0/s1. The van der Waals surface area contributed by atoms with Crippen LogP contribution in [-0.2, 0) is 9.53 Å². The number of hydrogen-bond acceptors (Lipinski definition) is 4. The summed E-state index contributed by atoms with van der Waals surface area (Å²) in [4.78, 5) is 24.9. The summed E-state index contributed by atoms with van der Waals surface area (Å²) in [5, 5.41) is 0. The summed E-state index contributed by atoms with van der Waals surface area (Å²) in [7, 11) is 0. The molecule has 0 unspecified atom stereocenters. The van der Waals surface area contributed by atoms with Gasteiger partial charge < -0.3 is 9.47 Å². The van der Waals surface area contributed by atoms with E-state index in [2.05, 4.69) is 0 Å². The first-order valence-electron chi connectivity index (χ1n) is 8.13. The second-order valence-corrected chi connectivity index (χ2v) is 5.88. The Morgan fingerprint density at radius 3 is 2.54 bits per heavy atom. The van der Waals surface area contributed by atoms with E-state index in [4.69, 9.17) is 9.47 Å². The largest absolute Gasteiger partial charge is 0.477 e. The minimum atomic E-state index is -0.770. The van der Waals surface area contributed by atoms with Crippen LogP contribution in [0.3, 0.4) is 0 Å². The summed E-state index contributed by atoms with van der Waals surface area (Å²) >= 11 is 0. The molecular weight excluding hydrogens is 304 g/mol. The van der Waals surface area contributed by atoms with Gasteiger partial charge in [0.05, 0.1) is 6.61 Å². The van der Waals surface area contributed by atoms with Crippen molar-refractivity contribution in [3.63, 3.8) is 0 Å². The molecule has 0 N–H and O–H groups in total. The summed E-state index contributed by atoms with van der Waals surface area (Å²) in [5.74, 6) is -0.0557. The molecule has 0 aromatic heterocycles. The predicted molar refractivity (Wildman–Crippen MR) is 90.4 cm³/mol. The molecule has 1 aliphatic heterocycles. The van der Waals surface area contributed by atoms with Crippen LogP contribution in [0.15, 0.2) is 48.5 Å². The number of hydrogen-bond donors (Lipinski definition) is 0. The summed E-state index contributed by atoms with van der Waals surface area (Å²) in [6, 6.07) is 14.9. The zero-order valence-corrected chi connectivity index (χ0v) is 13.8. The highest BCUT2D eigenvalue weighted by Crippen LogP contribution is 2.43. The number of ether oxygens (including phenoxy) is 2. The lowest BCUT2D eigenvalue weighted by Gasteiger charge is -2.17. The van der Waals surface area contributed by atoms with E-state index in [1.807, 2.05) is 43.3 Å². The third kappa shape index (κ3) is 3.04. The molecule has 2 aromatic rings. The monoisotopic (exact) mass is 324 g/mol. The van der Waals surface area contributed by atoms with Gasteiger partial charge in [0.2, 0.25) is 6.10 Å². The van der Waals surface area contributed by atoms with Gasteiger partial charge in [0.25, 0.3) is 0 Å². The minimum absolute atomic E-state index is 0.00662. The Morgan fingerprint density at radius 1 is 1.08 bits per heavy atom. The molecule has 0 fully saturated rings. The molecule has 4 nitrogen and oxygen atoms in total. The molecule has 24 heavy (non-hydrogen) atoms. The molecular formula is C20H20O4. The number of benzene rings is 2. The molecule has 1 heterocycles. The maximum absolute atomic E-state index is 12.6. The molecule has 0 aliphatic carbocycles. The zero-order valence-electron chi connectivity index (χ0n) is 13.8. The molecule has 1 aliphatic rings. The van der Waals surface area contributed by atoms with E-state index >= 15 is 0 Å². The molecule has 4 heteroatoms. The molecule has 124 valence electrons. The van der Waals surface area contributed by atoms with Crippen molar-refractivity contribution in [3.05, 3.63) is 65.2 Å². The third-order valence-electron chi connectivity index (χ3n) is 4.27. The molecule has 0 spiro atoms. The van der Waals surface area contributed by atoms with Crippen molar-refractivity contribution < 1.29 is 19.1 Å². The summed E-state index contributed by atoms with van der Waals surface area (Å²) in [5.41, 5.74) is 2.50. The van der Waals surface area contributed by atoms with Crippen molar-refractivity contribution >= 4 is 11.8 Å². The summed E-state index contributed by atoms with van der Waals surface area (Å²) in [6.07, 6.45) is -0.557. The van der Waals surface area contributed by atoms with Gasteiger partial charge in [-0.2, -0.15) is 0 Å². The van der Waals surface area contributed by atoms with Crippen LogP contribution < -0.4 is 4.74 Å². The highest BCUT2D eigenvalue weighted by Gasteiger charge is 2.42. The van der Waals surface area contributed by atoms with Crippen LogP contribution in [0, 0.1) is 6.92 Å². The van der Waals surface area contributed by atoms with Gasteiger partial charge in [-0.25, -0.2) is 4.79 Å². The molecule has 2 atom stereocenters. The number of ketones is 1. The summed E-state index contributed by atoms with van der Waals surface area (Å²) < 4.78 is 11.0. The van der Waals surface area contributed by atoms with Crippen LogP contribution in [-0.4, -0.2) is 24.5 Å². The van der Waals surface area contributed by atoms with E-state index in [0.717, 1.165) is 11.1 Å². The molecule has 0 bridgehead atoms. The number of rotatable bonds is 5. The Bertz CT molecular complexity index is 751. The zero-order chi connectivity index (χ0) is 17.1. The first-order chi connectivity index (χ1) is 11.6. The second-order valence-electron chi connectivity index (χ2n) is 5.88. The van der Waals surface area contributed by atoms with Crippen LogP contribution in [0.25, 0.3) is 0 Å². The number of esters is 1. The number of carbonyl (C=O) groups excluding carboxylic acids is 2. The van der Waals surface area contributed by atoms with Gasteiger partial charge in [0.1, 0.15) is 5.75 Å². The Hall–Kier alpha value is -2.62. The third-order valence-corrected chi connectivity index (χ3v) is 4.27. The van der Waals surface area contributed by atoms with E-state index in [1.54, 1.807) is 19.1 Å². The molecule has 0 amide bonds. The van der Waals surface area contributed by atoms with Gasteiger partial charge in [0.15, 0.2) is 5.78 Å². The first kappa shape index (κ1) is 16.2. The van der Waals surface area contributed by atoms with Gasteiger partial charge in [-0.1, -0.05) is 48.5 Å². The molecule has 0 saturated heterocycles. The normalized spacial score (nSPS) is 18.6. The number of fused-ring (bicyclic) bond motifs is 1. The minimum Gasteiger partial charge on any atom is -0.477 e. The van der Waals surface area contributed by atoms with E-state index in [1.165, 1.54) is 0 Å². The highest BCUT2D eigenvalue weighted by atomic mass is 16.6. The lowest BCUT2D eigenvalue weighted by molar-refractivity contribution is -0.151. The number of para-hydroxylation sites is 1. The second kappa shape index (κ2) is 6.87. The van der Waals surface area contributed by atoms with Crippen molar-refractivity contribution in [1.29, 1.82) is 0 Å². The van der Waals surface area contributed by atoms with Crippen molar-refractivity contribution in [1.82, 2.24) is 0 Å². The molecule has 0 radical (unpaired) electrons. The fourth-order valence-electron chi connectivity index (χ4n) is 3.10. The van der Waals surface area contributed by atoms with Crippen molar-refractivity contribution in [2.75, 3.05) is 6.61 Å². The SMILES string of the molecule is CCOC(=O)[C@H]1Oc2c(C)cccc2[C@@H]1CC(=O)c1ccccc1. The van der Waals surface area contributed by atoms with Crippen LogP contribution in [0.5, 0.6) is 5.75 Å². The van der Waals surface area contributed by atoms with Gasteiger partial charge in [-0.15, -0.1) is 0 Å². The van der Waals surface area contributed by atoms with Crippen LogP contribution >= 0.6 is 0 Å². The fourth-order valence-corrected chi connectivity index (χ4v) is 3.10. The lowest BCUT2D eigenvalue weighted by atomic mass is 9.88. The smallest absolute Gasteiger partial charge is 0.347 e. The Balaban J connectivity index is 1.91. The average molecular weight is 324 g/mol. The van der Waals surface area contributed by atoms with Crippen molar-refractivity contribution in [2.45, 2.75) is 32.3 Å². The van der Waals surface area contributed by atoms with Crippen LogP contribution in [0.4, 0.5) is 0 Å². The maximum atomic E-state index is 12.6. The van der Waals surface area contributed by atoms with Crippen molar-refractivity contribution in [2.24, 2.45) is 0 Å². The topological polar surface area (TPSA) is 52.6 Å². The highest BCUT2D eigenvalue weighted by molar-refractivity contribution is 5.97. The quantitative estimate of drug-likeness (QED) is 0.622. The van der Waals surface area contributed by atoms with Crippen LogP contribution in [0.2, 0.25) is 0 Å². The van der Waals surface area contributed by atoms with Gasteiger partial charge in [-0.3, -0.25) is 4.79 Å². The number of Topliss-reactive ketones (excluding diaryl/α,β-unsaturated/α-hetero) is 1. The van der Waals surface area contributed by atoms with Gasteiger partial charge in [0, 0.05) is 23.5 Å². The first-order valence-corrected chi connectivity index (χ1v) is 8.13. The van der Waals surface area contributed by atoms with E-state index in [-0.39, 0.29) is 24.7 Å². The van der Waals surface area contributed by atoms with E-state index < -0.39 is 12.1 Å². The number of carbonyl (C=O) groups is 2. The van der Waals surface area contributed by atoms with Crippen LogP contribution in [0.1, 0.15) is 40.7 Å². The fraction of sp³-hybridized carbons (Fsp3) is 0.300.